The average molecular weight is 320 g/mol. The van der Waals surface area contributed by atoms with Gasteiger partial charge in [-0.05, 0) is 12.8 Å². The summed E-state index contributed by atoms with van der Waals surface area (Å²) in [6.45, 7) is 0.505. The van der Waals surface area contributed by atoms with Gasteiger partial charge in [-0.25, -0.2) is 9.78 Å². The smallest absolute Gasteiger partial charge is 0.341 e. The summed E-state index contributed by atoms with van der Waals surface area (Å²) in [4.78, 5) is 27.2. The molecular formula is C15H16N2O4S. The first kappa shape index (κ1) is 14.8. The largest absolute Gasteiger partial charge is 0.503 e. The lowest BCUT2D eigenvalue weighted by Crippen LogP contribution is -2.30. The first-order valence-corrected chi connectivity index (χ1v) is 8.01. The lowest BCUT2D eigenvalue weighted by atomic mass is 9.83. The van der Waals surface area contributed by atoms with Crippen LogP contribution in [0.1, 0.15) is 41.7 Å². The van der Waals surface area contributed by atoms with Gasteiger partial charge in [0, 0.05) is 29.7 Å². The highest BCUT2D eigenvalue weighted by Gasteiger charge is 2.37. The van der Waals surface area contributed by atoms with E-state index >= 15 is 0 Å². The Morgan fingerprint density at radius 2 is 2.09 bits per heavy atom. The summed E-state index contributed by atoms with van der Waals surface area (Å²) in [6.07, 6.45) is 6.72. The highest BCUT2D eigenvalue weighted by atomic mass is 32.1. The first-order valence-electron chi connectivity index (χ1n) is 7.07. The molecule has 2 heterocycles. The Morgan fingerprint density at radius 3 is 2.68 bits per heavy atom. The van der Waals surface area contributed by atoms with Crippen molar-refractivity contribution in [1.29, 1.82) is 0 Å². The maximum atomic E-state index is 11.7. The zero-order valence-electron chi connectivity index (χ0n) is 11.9. The molecule has 116 valence electrons. The maximum absolute atomic E-state index is 11.7. The second-order valence-electron chi connectivity index (χ2n) is 5.72. The van der Waals surface area contributed by atoms with Crippen LogP contribution in [0.15, 0.2) is 28.1 Å². The quantitative estimate of drug-likeness (QED) is 0.901. The van der Waals surface area contributed by atoms with Gasteiger partial charge in [0.05, 0.1) is 11.2 Å². The third kappa shape index (κ3) is 2.52. The Labute approximate surface area is 130 Å². The third-order valence-corrected chi connectivity index (χ3v) is 4.90. The molecule has 0 saturated heterocycles. The summed E-state index contributed by atoms with van der Waals surface area (Å²) >= 11 is 1.54. The number of pyridine rings is 1. The zero-order valence-corrected chi connectivity index (χ0v) is 12.7. The van der Waals surface area contributed by atoms with Gasteiger partial charge >= 0.3 is 5.97 Å². The summed E-state index contributed by atoms with van der Waals surface area (Å²) in [5.41, 5.74) is 1.38. The van der Waals surface area contributed by atoms with E-state index in [1.807, 2.05) is 5.38 Å². The van der Waals surface area contributed by atoms with Crippen LogP contribution in [0.5, 0.6) is 5.75 Å². The van der Waals surface area contributed by atoms with Crippen LogP contribution in [0.25, 0.3) is 0 Å². The molecule has 6 nitrogen and oxygen atoms in total. The van der Waals surface area contributed by atoms with Crippen LogP contribution in [-0.4, -0.2) is 25.7 Å². The zero-order chi connectivity index (χ0) is 15.7. The lowest BCUT2D eigenvalue weighted by Gasteiger charge is -2.28. The van der Waals surface area contributed by atoms with Gasteiger partial charge in [0.25, 0.3) is 0 Å². The Morgan fingerprint density at radius 1 is 1.36 bits per heavy atom. The van der Waals surface area contributed by atoms with Crippen LogP contribution in [-0.2, 0) is 12.0 Å². The number of hydrogen-bond acceptors (Lipinski definition) is 5. The Kier molecular flexibility index (Phi) is 3.74. The van der Waals surface area contributed by atoms with Crippen molar-refractivity contribution < 1.29 is 15.0 Å². The molecule has 1 aliphatic carbocycles. The van der Waals surface area contributed by atoms with E-state index in [1.165, 1.54) is 23.7 Å². The monoisotopic (exact) mass is 320 g/mol. The molecule has 3 rings (SSSR count). The molecule has 0 aliphatic heterocycles. The van der Waals surface area contributed by atoms with Crippen LogP contribution >= 0.6 is 11.3 Å². The fourth-order valence-corrected chi connectivity index (χ4v) is 3.91. The minimum atomic E-state index is -1.33. The van der Waals surface area contributed by atoms with Crippen molar-refractivity contribution >= 4 is 17.3 Å². The van der Waals surface area contributed by atoms with Gasteiger partial charge in [-0.15, -0.1) is 11.3 Å². The molecule has 0 spiro atoms. The van der Waals surface area contributed by atoms with E-state index in [4.69, 9.17) is 5.11 Å². The fraction of sp³-hybridized carbons (Fsp3) is 0.400. The van der Waals surface area contributed by atoms with E-state index in [0.717, 1.165) is 31.4 Å². The van der Waals surface area contributed by atoms with Crippen molar-refractivity contribution in [1.82, 2.24) is 9.55 Å². The molecule has 22 heavy (non-hydrogen) atoms. The Bertz CT molecular complexity index is 745. The van der Waals surface area contributed by atoms with Crippen molar-refractivity contribution in [3.8, 4) is 5.75 Å². The van der Waals surface area contributed by atoms with Crippen LogP contribution < -0.4 is 5.43 Å². The standard InChI is InChI=1S/C15H16N2O4S/c18-11-6-17(5-10(13(11)19)14(20)21)8-15(3-1-2-4-15)12-7-22-9-16-12/h5-7,9,18H,1-4,8H2,(H,20,21). The molecule has 2 N–H and O–H groups in total. The normalized spacial score (nSPS) is 16.7. The second-order valence-corrected chi connectivity index (χ2v) is 6.44. The van der Waals surface area contributed by atoms with Crippen molar-refractivity contribution in [2.45, 2.75) is 37.6 Å². The van der Waals surface area contributed by atoms with Crippen LogP contribution in [0.3, 0.4) is 0 Å². The Balaban J connectivity index is 2.01. The second kappa shape index (κ2) is 5.57. The van der Waals surface area contributed by atoms with Crippen molar-refractivity contribution in [2.75, 3.05) is 0 Å². The number of carboxylic acids is 1. The van der Waals surface area contributed by atoms with Gasteiger partial charge in [-0.1, -0.05) is 12.8 Å². The highest BCUT2D eigenvalue weighted by Crippen LogP contribution is 2.42. The van der Waals surface area contributed by atoms with Crippen LogP contribution in [0, 0.1) is 0 Å². The number of hydrogen-bond donors (Lipinski definition) is 2. The molecule has 7 heteroatoms. The summed E-state index contributed by atoms with van der Waals surface area (Å²) in [6, 6.07) is 0. The van der Waals surface area contributed by atoms with Gasteiger partial charge in [0.1, 0.15) is 5.56 Å². The number of carbonyl (C=O) groups is 1. The SMILES string of the molecule is O=C(O)c1cn(CC2(c3cscn3)CCCC2)cc(O)c1=O. The fourth-order valence-electron chi connectivity index (χ4n) is 3.23. The number of nitrogens with zero attached hydrogens (tertiary/aromatic N) is 2. The van der Waals surface area contributed by atoms with Gasteiger partial charge in [0.2, 0.25) is 5.43 Å². The van der Waals surface area contributed by atoms with Gasteiger partial charge < -0.3 is 14.8 Å². The maximum Gasteiger partial charge on any atom is 0.341 e. The molecule has 0 radical (unpaired) electrons. The first-order chi connectivity index (χ1) is 10.5. The summed E-state index contributed by atoms with van der Waals surface area (Å²) in [5.74, 6) is -1.87. The molecule has 1 saturated carbocycles. The molecule has 0 aromatic carbocycles. The van der Waals surface area contributed by atoms with E-state index in [0.29, 0.717) is 6.54 Å². The van der Waals surface area contributed by atoms with E-state index in [1.54, 1.807) is 10.1 Å². The minimum Gasteiger partial charge on any atom is -0.503 e. The summed E-state index contributed by atoms with van der Waals surface area (Å²) in [7, 11) is 0. The molecule has 2 aromatic heterocycles. The van der Waals surface area contributed by atoms with Gasteiger partial charge in [0.15, 0.2) is 5.75 Å². The van der Waals surface area contributed by atoms with E-state index in [-0.39, 0.29) is 5.41 Å². The number of rotatable bonds is 4. The molecule has 0 unspecified atom stereocenters. The van der Waals surface area contributed by atoms with Crippen molar-refractivity contribution in [2.24, 2.45) is 0 Å². The molecule has 0 amide bonds. The highest BCUT2D eigenvalue weighted by molar-refractivity contribution is 7.07. The summed E-state index contributed by atoms with van der Waals surface area (Å²) in [5, 5.41) is 20.8. The molecule has 0 bridgehead atoms. The van der Waals surface area contributed by atoms with E-state index in [2.05, 4.69) is 4.98 Å². The lowest BCUT2D eigenvalue weighted by molar-refractivity contribution is 0.0693. The predicted octanol–water partition coefficient (Wildman–Crippen LogP) is 2.22. The number of aromatic carboxylic acids is 1. The average Bonchev–Trinajstić information content (AvgIpc) is 3.14. The van der Waals surface area contributed by atoms with Gasteiger partial charge in [-0.2, -0.15) is 0 Å². The van der Waals surface area contributed by atoms with E-state index < -0.39 is 22.7 Å². The molecule has 1 aliphatic rings. The van der Waals surface area contributed by atoms with Crippen molar-refractivity contribution in [3.05, 3.63) is 44.8 Å². The van der Waals surface area contributed by atoms with Gasteiger partial charge in [-0.3, -0.25) is 4.79 Å². The molecular weight excluding hydrogens is 304 g/mol. The molecule has 1 fully saturated rings. The number of thiazole rings is 1. The number of carboxylic acid groups (broad SMARTS) is 1. The number of aromatic hydroxyl groups is 1. The number of aromatic nitrogens is 2. The minimum absolute atomic E-state index is 0.155. The van der Waals surface area contributed by atoms with Crippen molar-refractivity contribution in [3.63, 3.8) is 0 Å². The Hall–Kier alpha value is -2.15. The van der Waals surface area contributed by atoms with Crippen LogP contribution in [0.4, 0.5) is 0 Å². The van der Waals surface area contributed by atoms with E-state index in [9.17, 15) is 14.7 Å². The summed E-state index contributed by atoms with van der Waals surface area (Å²) < 4.78 is 1.60. The molecule has 2 aromatic rings. The van der Waals surface area contributed by atoms with Crippen LogP contribution in [0.2, 0.25) is 0 Å². The third-order valence-electron chi connectivity index (χ3n) is 4.31. The predicted molar refractivity (Wildman–Crippen MR) is 81.6 cm³/mol. The topological polar surface area (TPSA) is 92.4 Å². The molecule has 0 atom stereocenters.